The van der Waals surface area contributed by atoms with Crippen molar-refractivity contribution in [2.24, 2.45) is 4.99 Å². The van der Waals surface area contributed by atoms with E-state index in [1.807, 2.05) is 47.2 Å². The van der Waals surface area contributed by atoms with Crippen LogP contribution in [0, 0.1) is 0 Å². The maximum Gasteiger partial charge on any atom is 0.315 e. The van der Waals surface area contributed by atoms with Gasteiger partial charge in [-0.15, -0.1) is 11.3 Å². The van der Waals surface area contributed by atoms with E-state index in [-0.39, 0.29) is 11.7 Å². The molecular weight excluding hydrogens is 284 g/mol. The predicted molar refractivity (Wildman–Crippen MR) is 82.0 cm³/mol. The van der Waals surface area contributed by atoms with Gasteiger partial charge in [-0.25, -0.2) is 0 Å². The third-order valence-corrected chi connectivity index (χ3v) is 3.98. The number of aromatic nitrogens is 1. The molecule has 0 aliphatic heterocycles. The van der Waals surface area contributed by atoms with E-state index in [9.17, 15) is 4.79 Å². The van der Waals surface area contributed by atoms with Gasteiger partial charge in [-0.1, -0.05) is 30.3 Å². The van der Waals surface area contributed by atoms with Gasteiger partial charge in [0.2, 0.25) is 0 Å². The van der Waals surface area contributed by atoms with Crippen molar-refractivity contribution in [1.82, 2.24) is 4.57 Å². The molecule has 21 heavy (non-hydrogen) atoms. The first kappa shape index (κ1) is 13.6. The van der Waals surface area contributed by atoms with Gasteiger partial charge in [0.05, 0.1) is 12.0 Å². The first-order valence-electron chi connectivity index (χ1n) is 6.66. The van der Waals surface area contributed by atoms with Crippen molar-refractivity contribution in [3.63, 3.8) is 0 Å². The van der Waals surface area contributed by atoms with E-state index >= 15 is 0 Å². The molecule has 0 saturated carbocycles. The summed E-state index contributed by atoms with van der Waals surface area (Å²) in [4.78, 5) is 16.9. The quantitative estimate of drug-likeness (QED) is 0.742. The number of hydrogen-bond donors (Lipinski definition) is 0. The number of benzene rings is 1. The molecule has 0 saturated heterocycles. The number of rotatable bonds is 3. The van der Waals surface area contributed by atoms with Gasteiger partial charge in [0.25, 0.3) is 0 Å². The third kappa shape index (κ3) is 2.73. The molecule has 2 heterocycles. The Morgan fingerprint density at radius 2 is 2.05 bits per heavy atom. The molecule has 0 spiro atoms. The van der Waals surface area contributed by atoms with Crippen LogP contribution in [0.5, 0.6) is 0 Å². The van der Waals surface area contributed by atoms with Crippen LogP contribution in [0.15, 0.2) is 63.5 Å². The Morgan fingerprint density at radius 3 is 2.71 bits per heavy atom. The normalized spacial score (nSPS) is 11.8. The van der Waals surface area contributed by atoms with Gasteiger partial charge in [-0.3, -0.25) is 4.79 Å². The van der Waals surface area contributed by atoms with E-state index in [0.717, 1.165) is 17.8 Å². The zero-order valence-electron chi connectivity index (χ0n) is 11.5. The number of furan rings is 1. The van der Waals surface area contributed by atoms with Gasteiger partial charge in [-0.2, -0.15) is 4.99 Å². The van der Waals surface area contributed by atoms with Gasteiger partial charge >= 0.3 is 5.91 Å². The van der Waals surface area contributed by atoms with Gasteiger partial charge in [0, 0.05) is 11.9 Å². The number of carbonyl (C=O) groups excluding carboxylic acids is 1. The summed E-state index contributed by atoms with van der Waals surface area (Å²) < 4.78 is 7.11. The Kier molecular flexibility index (Phi) is 3.83. The Bertz CT molecular complexity index is 798. The molecule has 0 atom stereocenters. The van der Waals surface area contributed by atoms with Crippen molar-refractivity contribution >= 4 is 17.2 Å². The van der Waals surface area contributed by atoms with Crippen LogP contribution >= 0.6 is 11.3 Å². The fraction of sp³-hybridized carbons (Fsp3) is 0.125. The smallest absolute Gasteiger partial charge is 0.315 e. The van der Waals surface area contributed by atoms with Crippen molar-refractivity contribution in [3.05, 3.63) is 64.7 Å². The summed E-state index contributed by atoms with van der Waals surface area (Å²) in [6.45, 7) is 2.79. The standard InChI is InChI=1S/C16H14N2O2S/c1-2-18-13(12-7-4-3-5-8-12)11-21-16(18)17-15(19)14-9-6-10-20-14/h3-11H,2H2,1H3/b17-16+. The van der Waals surface area contributed by atoms with Crippen LogP contribution in [0.3, 0.4) is 0 Å². The number of nitrogens with zero attached hydrogens (tertiary/aromatic N) is 2. The summed E-state index contributed by atoms with van der Waals surface area (Å²) in [5, 5.41) is 2.02. The van der Waals surface area contributed by atoms with Crippen molar-refractivity contribution in [2.75, 3.05) is 0 Å². The molecule has 106 valence electrons. The van der Waals surface area contributed by atoms with E-state index in [1.54, 1.807) is 12.1 Å². The summed E-state index contributed by atoms with van der Waals surface area (Å²) in [7, 11) is 0. The Morgan fingerprint density at radius 1 is 1.24 bits per heavy atom. The number of hydrogen-bond acceptors (Lipinski definition) is 3. The van der Waals surface area contributed by atoms with Crippen LogP contribution in [-0.2, 0) is 6.54 Å². The topological polar surface area (TPSA) is 47.5 Å². The third-order valence-electron chi connectivity index (χ3n) is 3.11. The molecule has 0 bridgehead atoms. The van der Waals surface area contributed by atoms with Crippen LogP contribution in [0.1, 0.15) is 17.5 Å². The molecule has 1 amide bonds. The average Bonchev–Trinajstić information content (AvgIpc) is 3.17. The van der Waals surface area contributed by atoms with Crippen molar-refractivity contribution in [2.45, 2.75) is 13.5 Å². The van der Waals surface area contributed by atoms with Crippen LogP contribution in [0.25, 0.3) is 11.3 Å². The summed E-state index contributed by atoms with van der Waals surface area (Å²) in [5.41, 5.74) is 2.18. The number of thiazole rings is 1. The van der Waals surface area contributed by atoms with Crippen LogP contribution in [0.4, 0.5) is 0 Å². The lowest BCUT2D eigenvalue weighted by Gasteiger charge is -2.05. The fourth-order valence-corrected chi connectivity index (χ4v) is 3.08. The van der Waals surface area contributed by atoms with Crippen molar-refractivity contribution in [3.8, 4) is 11.3 Å². The molecule has 3 rings (SSSR count). The molecule has 5 heteroatoms. The summed E-state index contributed by atoms with van der Waals surface area (Å²) in [6.07, 6.45) is 1.47. The van der Waals surface area contributed by atoms with E-state index in [2.05, 4.69) is 4.99 Å². The van der Waals surface area contributed by atoms with E-state index in [4.69, 9.17) is 4.42 Å². The lowest BCUT2D eigenvalue weighted by atomic mass is 10.2. The summed E-state index contributed by atoms with van der Waals surface area (Å²) >= 11 is 1.45. The lowest BCUT2D eigenvalue weighted by molar-refractivity contribution is 0.0971. The van der Waals surface area contributed by atoms with E-state index in [0.29, 0.717) is 4.80 Å². The molecule has 0 unspecified atom stereocenters. The zero-order chi connectivity index (χ0) is 14.7. The van der Waals surface area contributed by atoms with Gasteiger partial charge < -0.3 is 8.98 Å². The maximum absolute atomic E-state index is 12.0. The second-order valence-corrected chi connectivity index (χ2v) is 5.24. The fourth-order valence-electron chi connectivity index (χ4n) is 2.11. The van der Waals surface area contributed by atoms with Crippen molar-refractivity contribution < 1.29 is 9.21 Å². The summed E-state index contributed by atoms with van der Waals surface area (Å²) in [5.74, 6) is -0.101. The monoisotopic (exact) mass is 298 g/mol. The minimum Gasteiger partial charge on any atom is -0.459 e. The van der Waals surface area contributed by atoms with E-state index in [1.165, 1.54) is 17.6 Å². The predicted octanol–water partition coefficient (Wildman–Crippen LogP) is 3.57. The maximum atomic E-state index is 12.0. The Labute approximate surface area is 126 Å². The summed E-state index contributed by atoms with van der Waals surface area (Å²) in [6, 6.07) is 13.4. The SMILES string of the molecule is CCn1c(-c2ccccc2)cs/c1=N/C(=O)c1ccco1. The molecule has 0 fully saturated rings. The van der Waals surface area contributed by atoms with Gasteiger partial charge in [0.15, 0.2) is 10.6 Å². The molecule has 0 radical (unpaired) electrons. The molecule has 2 aromatic heterocycles. The zero-order valence-corrected chi connectivity index (χ0v) is 12.3. The minimum atomic E-state index is -0.358. The first-order chi connectivity index (χ1) is 10.3. The van der Waals surface area contributed by atoms with E-state index < -0.39 is 0 Å². The largest absolute Gasteiger partial charge is 0.459 e. The second-order valence-electron chi connectivity index (χ2n) is 4.41. The average molecular weight is 298 g/mol. The highest BCUT2D eigenvalue weighted by atomic mass is 32.1. The van der Waals surface area contributed by atoms with Gasteiger partial charge in [-0.05, 0) is 24.6 Å². The van der Waals surface area contributed by atoms with Crippen LogP contribution in [-0.4, -0.2) is 10.5 Å². The van der Waals surface area contributed by atoms with Crippen molar-refractivity contribution in [1.29, 1.82) is 0 Å². The molecule has 4 nitrogen and oxygen atoms in total. The first-order valence-corrected chi connectivity index (χ1v) is 7.54. The molecule has 0 aliphatic carbocycles. The molecule has 1 aromatic carbocycles. The highest BCUT2D eigenvalue weighted by Gasteiger charge is 2.10. The van der Waals surface area contributed by atoms with Crippen LogP contribution in [0.2, 0.25) is 0 Å². The highest BCUT2D eigenvalue weighted by Crippen LogP contribution is 2.19. The molecule has 3 aromatic rings. The second kappa shape index (κ2) is 5.93. The van der Waals surface area contributed by atoms with Gasteiger partial charge in [0.1, 0.15) is 0 Å². The number of carbonyl (C=O) groups is 1. The molecule has 0 N–H and O–H groups in total. The Hall–Kier alpha value is -2.40. The number of amides is 1. The molecular formula is C16H14N2O2S. The highest BCUT2D eigenvalue weighted by molar-refractivity contribution is 7.07. The Balaban J connectivity index is 2.05. The lowest BCUT2D eigenvalue weighted by Crippen LogP contribution is -2.16. The van der Waals surface area contributed by atoms with Crippen LogP contribution < -0.4 is 4.80 Å². The minimum absolute atomic E-state index is 0.257. The molecule has 0 aliphatic rings.